The molecule has 2 aromatic rings. The fourth-order valence-electron chi connectivity index (χ4n) is 1.90. The van der Waals surface area contributed by atoms with E-state index in [1.807, 2.05) is 24.3 Å². The minimum Gasteiger partial charge on any atom is -0.489 e. The predicted octanol–water partition coefficient (Wildman–Crippen LogP) is 1.64. The number of hydrogen-bond donors (Lipinski definition) is 1. The minimum absolute atomic E-state index is 0.0261. The number of nitrogens with zero attached hydrogens (tertiary/aromatic N) is 3. The van der Waals surface area contributed by atoms with Gasteiger partial charge in [0.05, 0.1) is 0 Å². The lowest BCUT2D eigenvalue weighted by molar-refractivity contribution is -0.392. The summed E-state index contributed by atoms with van der Waals surface area (Å²) in [5, 5.41) is 10.8. The number of rotatable bonds is 6. The molecule has 0 spiro atoms. The molecule has 0 saturated carbocycles. The summed E-state index contributed by atoms with van der Waals surface area (Å²) >= 11 is 0. The Balaban J connectivity index is 1.99. The van der Waals surface area contributed by atoms with Crippen LogP contribution in [0.15, 0.2) is 30.5 Å². The van der Waals surface area contributed by atoms with Crippen molar-refractivity contribution in [2.24, 2.45) is 5.73 Å². The van der Waals surface area contributed by atoms with E-state index in [1.54, 1.807) is 6.92 Å². The summed E-state index contributed by atoms with van der Waals surface area (Å²) in [4.78, 5) is 14.3. The van der Waals surface area contributed by atoms with Gasteiger partial charge in [0.15, 0.2) is 5.82 Å². The van der Waals surface area contributed by atoms with Crippen LogP contribution >= 0.6 is 0 Å². The number of nitro groups is 1. The number of nitrogens with two attached hydrogens (primary N) is 1. The summed E-state index contributed by atoms with van der Waals surface area (Å²) in [5.74, 6) is 1.27. The second kappa shape index (κ2) is 6.16. The lowest BCUT2D eigenvalue weighted by Crippen LogP contribution is -2.12. The third-order valence-corrected chi connectivity index (χ3v) is 2.94. The lowest BCUT2D eigenvalue weighted by atomic mass is 10.2. The summed E-state index contributed by atoms with van der Waals surface area (Å²) in [6.07, 6.45) is 1.25. The van der Waals surface area contributed by atoms with Crippen molar-refractivity contribution in [3.05, 3.63) is 52.0 Å². The molecule has 1 aromatic carbocycles. The van der Waals surface area contributed by atoms with Gasteiger partial charge < -0.3 is 20.6 Å². The van der Waals surface area contributed by atoms with Gasteiger partial charge in [-0.3, -0.25) is 0 Å². The third kappa shape index (κ3) is 3.12. The van der Waals surface area contributed by atoms with Crippen LogP contribution in [-0.2, 0) is 13.1 Å². The number of aryl methyl sites for hydroxylation is 1. The van der Waals surface area contributed by atoms with Crippen molar-refractivity contribution in [3.8, 4) is 5.75 Å². The molecule has 2 N–H and O–H groups in total. The van der Waals surface area contributed by atoms with Gasteiger partial charge in [-0.1, -0.05) is 12.1 Å². The van der Waals surface area contributed by atoms with Gasteiger partial charge in [0, 0.05) is 13.5 Å². The molecule has 0 fully saturated rings. The number of imidazole rings is 1. The number of ether oxygens (including phenoxy) is 1. The molecule has 7 heteroatoms. The summed E-state index contributed by atoms with van der Waals surface area (Å²) in [5.41, 5.74) is 6.53. The van der Waals surface area contributed by atoms with Crippen molar-refractivity contribution in [2.75, 3.05) is 6.61 Å². The highest BCUT2D eigenvalue weighted by molar-refractivity contribution is 5.28. The molecule has 0 atom stereocenters. The van der Waals surface area contributed by atoms with Crippen molar-refractivity contribution in [3.63, 3.8) is 0 Å². The normalized spacial score (nSPS) is 10.5. The van der Waals surface area contributed by atoms with E-state index in [1.165, 1.54) is 10.8 Å². The zero-order valence-electron chi connectivity index (χ0n) is 11.2. The summed E-state index contributed by atoms with van der Waals surface area (Å²) in [6.45, 7) is 2.87. The topological polar surface area (TPSA) is 96.2 Å². The molecule has 0 aliphatic heterocycles. The summed E-state index contributed by atoms with van der Waals surface area (Å²) in [6, 6.07) is 7.46. The maximum atomic E-state index is 10.8. The fourth-order valence-corrected chi connectivity index (χ4v) is 1.90. The Morgan fingerprint density at radius 1 is 1.50 bits per heavy atom. The van der Waals surface area contributed by atoms with E-state index in [2.05, 4.69) is 4.98 Å². The summed E-state index contributed by atoms with van der Waals surface area (Å²) in [7, 11) is 0. The number of benzene rings is 1. The number of hydrogen-bond acceptors (Lipinski definition) is 5. The van der Waals surface area contributed by atoms with Crippen LogP contribution in [0.3, 0.4) is 0 Å². The number of aromatic nitrogens is 2. The van der Waals surface area contributed by atoms with Gasteiger partial charge in [-0.05, 0) is 22.6 Å². The Morgan fingerprint density at radius 2 is 2.30 bits per heavy atom. The van der Waals surface area contributed by atoms with E-state index in [4.69, 9.17) is 10.5 Å². The Hall–Kier alpha value is -2.41. The van der Waals surface area contributed by atoms with Crippen LogP contribution < -0.4 is 10.5 Å². The van der Waals surface area contributed by atoms with Crippen molar-refractivity contribution in [1.82, 2.24) is 9.55 Å². The first-order valence-corrected chi connectivity index (χ1v) is 6.20. The smallest absolute Gasteiger partial charge is 0.342 e. The maximum Gasteiger partial charge on any atom is 0.342 e. The Labute approximate surface area is 116 Å². The van der Waals surface area contributed by atoms with Crippen LogP contribution in [-0.4, -0.2) is 21.1 Å². The second-order valence-corrected chi connectivity index (χ2v) is 4.27. The van der Waals surface area contributed by atoms with Crippen LogP contribution in [0.2, 0.25) is 0 Å². The van der Waals surface area contributed by atoms with Crippen LogP contribution in [0.5, 0.6) is 5.75 Å². The average Bonchev–Trinajstić information content (AvgIpc) is 2.81. The van der Waals surface area contributed by atoms with E-state index >= 15 is 0 Å². The van der Waals surface area contributed by atoms with Gasteiger partial charge in [-0.15, -0.1) is 0 Å². The molecule has 0 amide bonds. The van der Waals surface area contributed by atoms with E-state index in [0.29, 0.717) is 31.3 Å². The molecule has 7 nitrogen and oxygen atoms in total. The molecule has 1 heterocycles. The van der Waals surface area contributed by atoms with Crippen LogP contribution in [0.25, 0.3) is 0 Å². The van der Waals surface area contributed by atoms with E-state index in [-0.39, 0.29) is 5.82 Å². The highest BCUT2D eigenvalue weighted by atomic mass is 16.6. The van der Waals surface area contributed by atoms with Gasteiger partial charge >= 0.3 is 5.82 Å². The Kier molecular flexibility index (Phi) is 4.31. The average molecular weight is 276 g/mol. The molecule has 106 valence electrons. The molecule has 0 saturated heterocycles. The first kappa shape index (κ1) is 14.0. The quantitative estimate of drug-likeness (QED) is 0.639. The first-order chi connectivity index (χ1) is 9.61. The van der Waals surface area contributed by atoms with E-state index in [9.17, 15) is 10.1 Å². The maximum absolute atomic E-state index is 10.8. The monoisotopic (exact) mass is 276 g/mol. The molecule has 0 aliphatic rings. The third-order valence-electron chi connectivity index (χ3n) is 2.94. The highest BCUT2D eigenvalue weighted by Gasteiger charge is 2.16. The van der Waals surface area contributed by atoms with Crippen molar-refractivity contribution >= 4 is 5.82 Å². The molecule has 0 radical (unpaired) electrons. The van der Waals surface area contributed by atoms with E-state index in [0.717, 1.165) is 5.56 Å². The van der Waals surface area contributed by atoms with Crippen molar-refractivity contribution in [1.29, 1.82) is 0 Å². The SMILES string of the molecule is Cc1ncc([N+](=O)[O-])n1CCOc1cccc(CN)c1. The molecule has 0 unspecified atom stereocenters. The fraction of sp³-hybridized carbons (Fsp3) is 0.308. The van der Waals surface area contributed by atoms with Crippen LogP contribution in [0, 0.1) is 17.0 Å². The second-order valence-electron chi connectivity index (χ2n) is 4.27. The van der Waals surface area contributed by atoms with Gasteiger partial charge in [0.2, 0.25) is 0 Å². The first-order valence-electron chi connectivity index (χ1n) is 6.20. The molecular weight excluding hydrogens is 260 g/mol. The molecule has 2 rings (SSSR count). The van der Waals surface area contributed by atoms with Crippen molar-refractivity contribution in [2.45, 2.75) is 20.0 Å². The van der Waals surface area contributed by atoms with Crippen molar-refractivity contribution < 1.29 is 9.66 Å². The molecule has 0 bridgehead atoms. The molecule has 0 aliphatic carbocycles. The van der Waals surface area contributed by atoms with Gasteiger partial charge in [0.25, 0.3) is 0 Å². The zero-order valence-corrected chi connectivity index (χ0v) is 11.2. The van der Waals surface area contributed by atoms with E-state index < -0.39 is 4.92 Å². The van der Waals surface area contributed by atoms with Crippen LogP contribution in [0.1, 0.15) is 11.4 Å². The van der Waals surface area contributed by atoms with Crippen LogP contribution in [0.4, 0.5) is 5.82 Å². The molecular formula is C13H16N4O3. The van der Waals surface area contributed by atoms with Gasteiger partial charge in [-0.2, -0.15) is 0 Å². The molecule has 20 heavy (non-hydrogen) atoms. The van der Waals surface area contributed by atoms with Gasteiger partial charge in [-0.25, -0.2) is 9.55 Å². The lowest BCUT2D eigenvalue weighted by Gasteiger charge is -2.07. The standard InChI is InChI=1S/C13H16N4O3/c1-10-15-9-13(17(18)19)16(10)5-6-20-12-4-2-3-11(7-12)8-14/h2-4,7,9H,5-6,8,14H2,1H3. The minimum atomic E-state index is -0.449. The summed E-state index contributed by atoms with van der Waals surface area (Å²) < 4.78 is 7.11. The predicted molar refractivity (Wildman–Crippen MR) is 73.4 cm³/mol. The zero-order chi connectivity index (χ0) is 14.5. The largest absolute Gasteiger partial charge is 0.489 e. The highest BCUT2D eigenvalue weighted by Crippen LogP contribution is 2.15. The molecule has 1 aromatic heterocycles. The Morgan fingerprint density at radius 3 is 3.00 bits per heavy atom. The Bertz CT molecular complexity index is 609. The van der Waals surface area contributed by atoms with Gasteiger partial charge in [0.1, 0.15) is 25.1 Å².